The molecule has 0 amide bonds. The number of nitrogens with two attached hydrogens (primary N) is 1. The zero-order valence-electron chi connectivity index (χ0n) is 12.9. The van der Waals surface area contributed by atoms with Gasteiger partial charge in [0.25, 0.3) is 0 Å². The van der Waals surface area contributed by atoms with Crippen molar-refractivity contribution in [3.63, 3.8) is 0 Å². The van der Waals surface area contributed by atoms with Gasteiger partial charge in [-0.1, -0.05) is 41.9 Å². The number of fused-ring (bicyclic) bond motifs is 1. The lowest BCUT2D eigenvalue weighted by Gasteiger charge is -2.30. The van der Waals surface area contributed by atoms with Crippen LogP contribution >= 0.6 is 11.6 Å². The average molecular weight is 315 g/mol. The van der Waals surface area contributed by atoms with E-state index < -0.39 is 0 Å². The Morgan fingerprint density at radius 1 is 1.09 bits per heavy atom. The van der Waals surface area contributed by atoms with Crippen molar-refractivity contribution in [3.8, 4) is 0 Å². The van der Waals surface area contributed by atoms with Crippen molar-refractivity contribution < 1.29 is 0 Å². The summed E-state index contributed by atoms with van der Waals surface area (Å²) in [6.45, 7) is 3.98. The van der Waals surface area contributed by atoms with Gasteiger partial charge >= 0.3 is 0 Å². The van der Waals surface area contributed by atoms with E-state index in [1.54, 1.807) is 0 Å². The van der Waals surface area contributed by atoms with E-state index in [2.05, 4.69) is 35.2 Å². The quantitative estimate of drug-likeness (QED) is 0.910. The standard InChI is InChI=1S/C19H23ClN2/c20-18-8-6-15(7-9-18)3-2-11-22-12-10-16-4-1-5-17(13-21)19(16)14-22/h1,4-9H,2-3,10-14,21H2. The monoisotopic (exact) mass is 314 g/mol. The van der Waals surface area contributed by atoms with Crippen LogP contribution in [-0.2, 0) is 25.9 Å². The zero-order valence-corrected chi connectivity index (χ0v) is 13.6. The number of rotatable bonds is 5. The second-order valence-corrected chi connectivity index (χ2v) is 6.45. The van der Waals surface area contributed by atoms with Crippen molar-refractivity contribution >= 4 is 11.6 Å². The van der Waals surface area contributed by atoms with Gasteiger partial charge < -0.3 is 5.73 Å². The largest absolute Gasteiger partial charge is 0.326 e. The van der Waals surface area contributed by atoms with Crippen LogP contribution in [0.4, 0.5) is 0 Å². The fraction of sp³-hybridized carbons (Fsp3) is 0.368. The first-order valence-electron chi connectivity index (χ1n) is 8.03. The third-order valence-electron chi connectivity index (χ3n) is 4.52. The highest BCUT2D eigenvalue weighted by Gasteiger charge is 2.17. The lowest BCUT2D eigenvalue weighted by atomic mass is 9.94. The minimum Gasteiger partial charge on any atom is -0.326 e. The number of hydrogen-bond donors (Lipinski definition) is 1. The molecule has 0 fully saturated rings. The van der Waals surface area contributed by atoms with Gasteiger partial charge in [-0.05, 0) is 60.2 Å². The van der Waals surface area contributed by atoms with Crippen molar-refractivity contribution in [2.45, 2.75) is 32.4 Å². The molecule has 0 bridgehead atoms. The smallest absolute Gasteiger partial charge is 0.0406 e. The average Bonchev–Trinajstić information content (AvgIpc) is 2.56. The van der Waals surface area contributed by atoms with Gasteiger partial charge in [0.1, 0.15) is 0 Å². The molecule has 2 aromatic carbocycles. The molecule has 1 aliphatic rings. The SMILES string of the molecule is NCc1cccc2c1CN(CCCc1ccc(Cl)cc1)CC2. The molecular formula is C19H23ClN2. The summed E-state index contributed by atoms with van der Waals surface area (Å²) in [5, 5.41) is 0.811. The van der Waals surface area contributed by atoms with E-state index in [0.717, 1.165) is 37.5 Å². The minimum absolute atomic E-state index is 0.641. The lowest BCUT2D eigenvalue weighted by molar-refractivity contribution is 0.250. The molecule has 0 saturated heterocycles. The maximum absolute atomic E-state index is 5.93. The fourth-order valence-electron chi connectivity index (χ4n) is 3.25. The van der Waals surface area contributed by atoms with E-state index in [9.17, 15) is 0 Å². The first-order valence-corrected chi connectivity index (χ1v) is 8.40. The lowest BCUT2D eigenvalue weighted by Crippen LogP contribution is -2.32. The molecule has 116 valence electrons. The fourth-order valence-corrected chi connectivity index (χ4v) is 3.37. The second-order valence-electron chi connectivity index (χ2n) is 6.02. The van der Waals surface area contributed by atoms with Crippen molar-refractivity contribution in [2.75, 3.05) is 13.1 Å². The maximum atomic E-state index is 5.93. The minimum atomic E-state index is 0.641. The van der Waals surface area contributed by atoms with Crippen LogP contribution in [-0.4, -0.2) is 18.0 Å². The predicted molar refractivity (Wildman–Crippen MR) is 93.1 cm³/mol. The molecule has 0 radical (unpaired) electrons. The van der Waals surface area contributed by atoms with Gasteiger partial charge in [0.05, 0.1) is 0 Å². The normalized spacial score (nSPS) is 14.8. The maximum Gasteiger partial charge on any atom is 0.0406 e. The molecule has 1 aliphatic heterocycles. The Morgan fingerprint density at radius 2 is 1.91 bits per heavy atom. The summed E-state index contributed by atoms with van der Waals surface area (Å²) in [5.74, 6) is 0. The summed E-state index contributed by atoms with van der Waals surface area (Å²) in [4.78, 5) is 2.55. The van der Waals surface area contributed by atoms with E-state index in [0.29, 0.717) is 6.54 Å². The molecule has 3 rings (SSSR count). The summed E-state index contributed by atoms with van der Waals surface area (Å²) < 4.78 is 0. The molecule has 1 heterocycles. The molecule has 0 atom stereocenters. The third kappa shape index (κ3) is 3.70. The van der Waals surface area contributed by atoms with E-state index in [4.69, 9.17) is 17.3 Å². The molecule has 22 heavy (non-hydrogen) atoms. The predicted octanol–water partition coefficient (Wildman–Crippen LogP) is 3.79. The highest BCUT2D eigenvalue weighted by Crippen LogP contribution is 2.23. The molecule has 0 aliphatic carbocycles. The van der Waals surface area contributed by atoms with Crippen LogP contribution in [0, 0.1) is 0 Å². The number of aryl methyl sites for hydroxylation is 1. The first-order chi connectivity index (χ1) is 10.8. The van der Waals surface area contributed by atoms with Gasteiger partial charge in [-0.25, -0.2) is 0 Å². The Morgan fingerprint density at radius 3 is 2.68 bits per heavy atom. The number of hydrogen-bond acceptors (Lipinski definition) is 2. The molecular weight excluding hydrogens is 292 g/mol. The van der Waals surface area contributed by atoms with Crippen LogP contribution in [0.2, 0.25) is 5.02 Å². The van der Waals surface area contributed by atoms with Crippen LogP contribution in [0.1, 0.15) is 28.7 Å². The Balaban J connectivity index is 1.55. The summed E-state index contributed by atoms with van der Waals surface area (Å²) in [5.41, 5.74) is 11.5. The van der Waals surface area contributed by atoms with Gasteiger partial charge in [-0.3, -0.25) is 4.90 Å². The van der Waals surface area contributed by atoms with Gasteiger partial charge in [0.2, 0.25) is 0 Å². The number of benzene rings is 2. The van der Waals surface area contributed by atoms with Gasteiger partial charge in [-0.2, -0.15) is 0 Å². The Bertz CT molecular complexity index is 608. The molecule has 2 aromatic rings. The molecule has 2 N–H and O–H groups in total. The van der Waals surface area contributed by atoms with E-state index in [1.165, 1.54) is 28.7 Å². The summed E-state index contributed by atoms with van der Waals surface area (Å²) in [7, 11) is 0. The highest BCUT2D eigenvalue weighted by molar-refractivity contribution is 6.30. The topological polar surface area (TPSA) is 29.3 Å². The van der Waals surface area contributed by atoms with Crippen LogP contribution < -0.4 is 5.73 Å². The van der Waals surface area contributed by atoms with Crippen molar-refractivity contribution in [3.05, 3.63) is 69.7 Å². The Labute approximate surface area is 137 Å². The summed E-state index contributed by atoms with van der Waals surface area (Å²) >= 11 is 5.93. The van der Waals surface area contributed by atoms with Crippen molar-refractivity contribution in [2.24, 2.45) is 5.73 Å². The summed E-state index contributed by atoms with van der Waals surface area (Å²) in [6, 6.07) is 14.7. The van der Waals surface area contributed by atoms with E-state index in [-0.39, 0.29) is 0 Å². The number of nitrogens with zero attached hydrogens (tertiary/aromatic N) is 1. The van der Waals surface area contributed by atoms with Crippen molar-refractivity contribution in [1.29, 1.82) is 0 Å². The molecule has 0 unspecified atom stereocenters. The molecule has 0 spiro atoms. The van der Waals surface area contributed by atoms with Gasteiger partial charge in [-0.15, -0.1) is 0 Å². The molecule has 3 heteroatoms. The van der Waals surface area contributed by atoms with Gasteiger partial charge in [0, 0.05) is 24.7 Å². The molecule has 0 aromatic heterocycles. The second kappa shape index (κ2) is 7.28. The van der Waals surface area contributed by atoms with E-state index in [1.807, 2.05) is 12.1 Å². The summed E-state index contributed by atoms with van der Waals surface area (Å²) in [6.07, 6.45) is 3.44. The highest BCUT2D eigenvalue weighted by atomic mass is 35.5. The van der Waals surface area contributed by atoms with E-state index >= 15 is 0 Å². The Hall–Kier alpha value is -1.35. The zero-order chi connectivity index (χ0) is 15.4. The third-order valence-corrected chi connectivity index (χ3v) is 4.77. The molecule has 2 nitrogen and oxygen atoms in total. The number of halogens is 1. The Kier molecular flexibility index (Phi) is 5.14. The van der Waals surface area contributed by atoms with Crippen LogP contribution in [0.5, 0.6) is 0 Å². The van der Waals surface area contributed by atoms with Crippen LogP contribution in [0.3, 0.4) is 0 Å². The van der Waals surface area contributed by atoms with Crippen molar-refractivity contribution in [1.82, 2.24) is 4.90 Å². The molecule has 0 saturated carbocycles. The first kappa shape index (κ1) is 15.5. The van der Waals surface area contributed by atoms with Crippen LogP contribution in [0.25, 0.3) is 0 Å². The van der Waals surface area contributed by atoms with Crippen LogP contribution in [0.15, 0.2) is 42.5 Å². The van der Waals surface area contributed by atoms with Gasteiger partial charge in [0.15, 0.2) is 0 Å².